The summed E-state index contributed by atoms with van der Waals surface area (Å²) in [5.41, 5.74) is 1.23. The second-order valence-corrected chi connectivity index (χ2v) is 8.73. The quantitative estimate of drug-likeness (QED) is 0.722. The molecule has 0 spiro atoms. The van der Waals surface area contributed by atoms with E-state index in [1.165, 1.54) is 25.0 Å². The lowest BCUT2D eigenvalue weighted by Gasteiger charge is -2.30. The van der Waals surface area contributed by atoms with Crippen molar-refractivity contribution in [3.8, 4) is 0 Å². The Balaban J connectivity index is 1.96. The van der Waals surface area contributed by atoms with Gasteiger partial charge in [0, 0.05) is 6.54 Å². The van der Waals surface area contributed by atoms with E-state index >= 15 is 0 Å². The number of nitrogens with one attached hydrogen (secondary N) is 1. The van der Waals surface area contributed by atoms with Crippen LogP contribution in [-0.4, -0.2) is 50.6 Å². The molecule has 0 bridgehead atoms. The Hall–Kier alpha value is -1.44. The third-order valence-electron chi connectivity index (χ3n) is 4.98. The lowest BCUT2D eigenvalue weighted by molar-refractivity contribution is 0.0696. The van der Waals surface area contributed by atoms with Crippen LogP contribution in [0.3, 0.4) is 0 Å². The number of carboxylic acid groups (broad SMARTS) is 1. The van der Waals surface area contributed by atoms with E-state index in [2.05, 4.69) is 16.5 Å². The van der Waals surface area contributed by atoms with Gasteiger partial charge in [-0.1, -0.05) is 6.92 Å². The average Bonchev–Trinajstić information content (AvgIpc) is 2.55. The van der Waals surface area contributed by atoms with Crippen molar-refractivity contribution in [1.82, 2.24) is 9.62 Å². The Morgan fingerprint density at radius 1 is 1.28 bits per heavy atom. The Morgan fingerprint density at radius 3 is 2.52 bits per heavy atom. The zero-order chi connectivity index (χ0) is 18.6. The summed E-state index contributed by atoms with van der Waals surface area (Å²) in [4.78, 5) is 13.6. The van der Waals surface area contributed by atoms with Gasteiger partial charge < -0.3 is 10.0 Å². The van der Waals surface area contributed by atoms with Crippen LogP contribution in [0.5, 0.6) is 0 Å². The number of aryl methyl sites for hydroxylation is 1. The first-order valence-electron chi connectivity index (χ1n) is 8.77. The first-order valence-corrected chi connectivity index (χ1v) is 10.3. The average molecular weight is 368 g/mol. The summed E-state index contributed by atoms with van der Waals surface area (Å²) in [6.07, 6.45) is 3.14. The normalized spacial score (nSPS) is 16.9. The predicted molar refractivity (Wildman–Crippen MR) is 97.5 cm³/mol. The number of piperidine rings is 1. The number of likely N-dealkylation sites (tertiary alicyclic amines) is 1. The molecule has 0 saturated carbocycles. The Morgan fingerprint density at radius 2 is 1.92 bits per heavy atom. The highest BCUT2D eigenvalue weighted by molar-refractivity contribution is 7.89. The lowest BCUT2D eigenvalue weighted by Crippen LogP contribution is -2.35. The van der Waals surface area contributed by atoms with Gasteiger partial charge in [0.1, 0.15) is 0 Å². The topological polar surface area (TPSA) is 86.7 Å². The third-order valence-corrected chi connectivity index (χ3v) is 6.56. The summed E-state index contributed by atoms with van der Waals surface area (Å²) < 4.78 is 27.7. The lowest BCUT2D eigenvalue weighted by atomic mass is 9.99. The minimum Gasteiger partial charge on any atom is -0.478 e. The summed E-state index contributed by atoms with van der Waals surface area (Å²) in [7, 11) is -3.71. The van der Waals surface area contributed by atoms with Gasteiger partial charge in [-0.25, -0.2) is 17.9 Å². The van der Waals surface area contributed by atoms with Gasteiger partial charge in [0.05, 0.1) is 10.5 Å². The SMILES string of the molecule is Cc1cc(C(=O)O)cc(S(=O)(=O)NCCCN2CCC(C)CC2)c1C. The molecule has 0 radical (unpaired) electrons. The summed E-state index contributed by atoms with van der Waals surface area (Å²) in [5, 5.41) is 9.15. The van der Waals surface area contributed by atoms with E-state index in [4.69, 9.17) is 5.11 Å². The van der Waals surface area contributed by atoms with Crippen LogP contribution < -0.4 is 4.72 Å². The van der Waals surface area contributed by atoms with Crippen LogP contribution in [0, 0.1) is 19.8 Å². The molecule has 0 aromatic heterocycles. The number of sulfonamides is 1. The van der Waals surface area contributed by atoms with E-state index in [1.807, 2.05) is 0 Å². The van der Waals surface area contributed by atoms with Crippen molar-refractivity contribution in [3.05, 3.63) is 28.8 Å². The minimum atomic E-state index is -3.71. The molecule has 1 saturated heterocycles. The van der Waals surface area contributed by atoms with E-state index in [-0.39, 0.29) is 10.5 Å². The molecule has 1 fully saturated rings. The van der Waals surface area contributed by atoms with Gasteiger partial charge in [0.2, 0.25) is 10.0 Å². The Kier molecular flexibility index (Phi) is 6.59. The van der Waals surface area contributed by atoms with Gasteiger partial charge in [-0.2, -0.15) is 0 Å². The highest BCUT2D eigenvalue weighted by atomic mass is 32.2. The molecule has 0 atom stereocenters. The van der Waals surface area contributed by atoms with Crippen molar-refractivity contribution in [1.29, 1.82) is 0 Å². The highest BCUT2D eigenvalue weighted by Crippen LogP contribution is 2.21. The number of aromatic carboxylic acids is 1. The largest absolute Gasteiger partial charge is 0.478 e. The summed E-state index contributed by atoms with van der Waals surface area (Å²) in [6.45, 7) is 9.07. The van der Waals surface area contributed by atoms with Crippen LogP contribution >= 0.6 is 0 Å². The molecule has 0 unspecified atom stereocenters. The van der Waals surface area contributed by atoms with Gasteiger partial charge in [0.25, 0.3) is 0 Å². The predicted octanol–water partition coefficient (Wildman–Crippen LogP) is 2.40. The highest BCUT2D eigenvalue weighted by Gasteiger charge is 2.21. The smallest absolute Gasteiger partial charge is 0.335 e. The number of carboxylic acids is 1. The number of benzene rings is 1. The first-order chi connectivity index (χ1) is 11.7. The monoisotopic (exact) mass is 368 g/mol. The Labute approximate surface area is 150 Å². The molecule has 0 amide bonds. The molecule has 140 valence electrons. The zero-order valence-corrected chi connectivity index (χ0v) is 16.0. The summed E-state index contributed by atoms with van der Waals surface area (Å²) in [5.74, 6) is -0.346. The van der Waals surface area contributed by atoms with Crippen molar-refractivity contribution in [2.75, 3.05) is 26.2 Å². The molecule has 1 aliphatic heterocycles. The van der Waals surface area contributed by atoms with E-state index in [0.29, 0.717) is 17.7 Å². The van der Waals surface area contributed by atoms with Crippen LogP contribution in [0.25, 0.3) is 0 Å². The number of hydrogen-bond acceptors (Lipinski definition) is 4. The molecule has 1 heterocycles. The molecule has 25 heavy (non-hydrogen) atoms. The first kappa shape index (κ1) is 19.9. The molecule has 0 aliphatic carbocycles. The van der Waals surface area contributed by atoms with Crippen molar-refractivity contribution in [2.24, 2.45) is 5.92 Å². The van der Waals surface area contributed by atoms with Gasteiger partial charge in [-0.3, -0.25) is 0 Å². The second-order valence-electron chi connectivity index (χ2n) is 7.00. The second kappa shape index (κ2) is 8.29. The van der Waals surface area contributed by atoms with Gasteiger partial charge >= 0.3 is 5.97 Å². The van der Waals surface area contributed by atoms with E-state index < -0.39 is 16.0 Å². The van der Waals surface area contributed by atoms with Gasteiger partial charge in [0.15, 0.2) is 0 Å². The molecular formula is C18H28N2O4S. The van der Waals surface area contributed by atoms with Gasteiger partial charge in [-0.05, 0) is 81.9 Å². The molecule has 2 rings (SSSR count). The number of nitrogens with zero attached hydrogens (tertiary/aromatic N) is 1. The van der Waals surface area contributed by atoms with E-state index in [0.717, 1.165) is 32.0 Å². The molecule has 7 heteroatoms. The van der Waals surface area contributed by atoms with Crippen molar-refractivity contribution >= 4 is 16.0 Å². The molecule has 2 N–H and O–H groups in total. The van der Waals surface area contributed by atoms with Gasteiger partial charge in [-0.15, -0.1) is 0 Å². The third kappa shape index (κ3) is 5.26. The van der Waals surface area contributed by atoms with Crippen LogP contribution in [0.4, 0.5) is 0 Å². The number of carbonyl (C=O) groups is 1. The maximum absolute atomic E-state index is 12.6. The fourth-order valence-electron chi connectivity index (χ4n) is 3.10. The fraction of sp³-hybridized carbons (Fsp3) is 0.611. The molecule has 1 aliphatic rings. The zero-order valence-electron chi connectivity index (χ0n) is 15.2. The molecule has 1 aromatic rings. The number of rotatable bonds is 7. The Bertz CT molecular complexity index is 723. The standard InChI is InChI=1S/C18H28N2O4S/c1-13-5-9-20(10-6-13)8-4-7-19-25(23,24)17-12-16(18(21)22)11-14(2)15(17)3/h11-13,19H,4-10H2,1-3H3,(H,21,22). The number of hydrogen-bond donors (Lipinski definition) is 2. The fourth-order valence-corrected chi connectivity index (χ4v) is 4.52. The molecular weight excluding hydrogens is 340 g/mol. The van der Waals surface area contributed by atoms with E-state index in [9.17, 15) is 13.2 Å². The van der Waals surface area contributed by atoms with E-state index in [1.54, 1.807) is 13.8 Å². The maximum atomic E-state index is 12.6. The summed E-state index contributed by atoms with van der Waals surface area (Å²) >= 11 is 0. The van der Waals surface area contributed by atoms with Crippen molar-refractivity contribution in [2.45, 2.75) is 44.9 Å². The van der Waals surface area contributed by atoms with Crippen LogP contribution in [0.2, 0.25) is 0 Å². The maximum Gasteiger partial charge on any atom is 0.335 e. The minimum absolute atomic E-state index is 0.00842. The molecule has 6 nitrogen and oxygen atoms in total. The van der Waals surface area contributed by atoms with Crippen LogP contribution in [-0.2, 0) is 10.0 Å². The van der Waals surface area contributed by atoms with Crippen LogP contribution in [0.1, 0.15) is 47.7 Å². The van der Waals surface area contributed by atoms with Crippen LogP contribution in [0.15, 0.2) is 17.0 Å². The van der Waals surface area contributed by atoms with Crippen molar-refractivity contribution in [3.63, 3.8) is 0 Å². The van der Waals surface area contributed by atoms with Crippen molar-refractivity contribution < 1.29 is 18.3 Å². The molecule has 1 aromatic carbocycles. The summed E-state index contributed by atoms with van der Waals surface area (Å²) in [6, 6.07) is 2.73.